The Morgan fingerprint density at radius 1 is 1.44 bits per heavy atom. The summed E-state index contributed by atoms with van der Waals surface area (Å²) in [4.78, 5) is 14.1. The zero-order valence-electron chi connectivity index (χ0n) is 10.0. The van der Waals surface area contributed by atoms with E-state index in [-0.39, 0.29) is 23.8 Å². The predicted molar refractivity (Wildman–Crippen MR) is 66.6 cm³/mol. The first kappa shape index (κ1) is 11.6. The molecule has 3 N–H and O–H groups in total. The molecule has 0 bridgehead atoms. The van der Waals surface area contributed by atoms with Gasteiger partial charge in [-0.2, -0.15) is 0 Å². The number of rotatable bonds is 1. The number of hydrogen-bond acceptors (Lipinski definition) is 3. The molecule has 18 heavy (non-hydrogen) atoms. The number of carbonyl (C=O) groups excluding carboxylic acids is 1. The summed E-state index contributed by atoms with van der Waals surface area (Å²) in [7, 11) is 0. The van der Waals surface area contributed by atoms with Gasteiger partial charge in [0.1, 0.15) is 11.9 Å². The van der Waals surface area contributed by atoms with Gasteiger partial charge in [0.2, 0.25) is 5.91 Å². The molecule has 2 atom stereocenters. The lowest BCUT2D eigenvalue weighted by atomic mass is 10.0. The third-order valence-corrected chi connectivity index (χ3v) is 3.67. The second kappa shape index (κ2) is 4.33. The quantitative estimate of drug-likeness (QED) is 0.787. The molecule has 0 saturated carbocycles. The van der Waals surface area contributed by atoms with Gasteiger partial charge in [-0.25, -0.2) is 4.39 Å². The first-order valence-electron chi connectivity index (χ1n) is 6.25. The van der Waals surface area contributed by atoms with Crippen LogP contribution in [-0.4, -0.2) is 29.9 Å². The number of likely N-dealkylation sites (tertiary alicyclic amines) is 1. The second-order valence-electron chi connectivity index (χ2n) is 5.02. The number of halogens is 1. The van der Waals surface area contributed by atoms with Crippen molar-refractivity contribution >= 4 is 11.6 Å². The number of nitrogens with one attached hydrogen (secondary N) is 1. The van der Waals surface area contributed by atoms with Crippen molar-refractivity contribution in [3.63, 3.8) is 0 Å². The maximum atomic E-state index is 13.3. The molecule has 96 valence electrons. The van der Waals surface area contributed by atoms with Crippen LogP contribution in [0.15, 0.2) is 18.2 Å². The van der Waals surface area contributed by atoms with Crippen LogP contribution in [0.1, 0.15) is 24.4 Å². The molecule has 3 rings (SSSR count). The van der Waals surface area contributed by atoms with Gasteiger partial charge in [0.25, 0.3) is 0 Å². The minimum atomic E-state index is -0.387. The number of piperidine rings is 1. The van der Waals surface area contributed by atoms with Crippen LogP contribution in [-0.2, 0) is 4.79 Å². The molecule has 0 aliphatic carbocycles. The number of anilines is 1. The first-order chi connectivity index (χ1) is 8.65. The Morgan fingerprint density at radius 2 is 2.28 bits per heavy atom. The fourth-order valence-electron chi connectivity index (χ4n) is 2.85. The van der Waals surface area contributed by atoms with Crippen LogP contribution in [0.2, 0.25) is 0 Å². The van der Waals surface area contributed by atoms with E-state index >= 15 is 0 Å². The van der Waals surface area contributed by atoms with Gasteiger partial charge in [-0.05, 0) is 37.6 Å². The number of fused-ring (bicyclic) bond motifs is 1. The zero-order valence-corrected chi connectivity index (χ0v) is 10.0. The second-order valence-corrected chi connectivity index (χ2v) is 5.02. The average Bonchev–Trinajstić information content (AvgIpc) is 2.64. The molecule has 2 unspecified atom stereocenters. The van der Waals surface area contributed by atoms with Crippen LogP contribution in [0.25, 0.3) is 0 Å². The topological polar surface area (TPSA) is 58.4 Å². The highest BCUT2D eigenvalue weighted by Gasteiger charge is 2.37. The molecule has 1 aromatic rings. The third kappa shape index (κ3) is 1.89. The van der Waals surface area contributed by atoms with Crippen molar-refractivity contribution in [2.24, 2.45) is 5.73 Å². The van der Waals surface area contributed by atoms with Crippen molar-refractivity contribution in [1.29, 1.82) is 0 Å². The standard InChI is InChI=1S/C13H16FN3O/c14-8-3-4-11-10(6-8)12(13(18)16-11)17-5-1-2-9(15)7-17/h3-4,6,9,12H,1-2,5,7,15H2,(H,16,18). The van der Waals surface area contributed by atoms with E-state index in [0.29, 0.717) is 12.2 Å². The molecule has 0 radical (unpaired) electrons. The van der Waals surface area contributed by atoms with Gasteiger partial charge >= 0.3 is 0 Å². The number of carbonyl (C=O) groups is 1. The van der Waals surface area contributed by atoms with Crippen molar-refractivity contribution < 1.29 is 9.18 Å². The lowest BCUT2D eigenvalue weighted by molar-refractivity contribution is -0.121. The number of benzene rings is 1. The molecule has 1 saturated heterocycles. The van der Waals surface area contributed by atoms with Gasteiger partial charge in [0.15, 0.2) is 0 Å². The summed E-state index contributed by atoms with van der Waals surface area (Å²) in [6.45, 7) is 1.52. The molecule has 2 aliphatic rings. The summed E-state index contributed by atoms with van der Waals surface area (Å²) in [6, 6.07) is 4.14. The van der Waals surface area contributed by atoms with E-state index in [2.05, 4.69) is 10.2 Å². The predicted octanol–water partition coefficient (Wildman–Crippen LogP) is 1.24. The molecule has 1 fully saturated rings. The van der Waals surface area contributed by atoms with E-state index in [9.17, 15) is 9.18 Å². The minimum Gasteiger partial charge on any atom is -0.327 e. The first-order valence-corrected chi connectivity index (χ1v) is 6.25. The highest BCUT2D eigenvalue weighted by atomic mass is 19.1. The Morgan fingerprint density at radius 3 is 3.06 bits per heavy atom. The fraction of sp³-hybridized carbons (Fsp3) is 0.462. The van der Waals surface area contributed by atoms with Crippen molar-refractivity contribution in [3.05, 3.63) is 29.6 Å². The summed E-state index contributed by atoms with van der Waals surface area (Å²) in [6.07, 6.45) is 1.97. The largest absolute Gasteiger partial charge is 0.327 e. The molecular formula is C13H16FN3O. The van der Waals surface area contributed by atoms with Gasteiger partial charge in [0, 0.05) is 23.8 Å². The molecule has 1 aromatic carbocycles. The number of nitrogens with zero attached hydrogens (tertiary/aromatic N) is 1. The smallest absolute Gasteiger partial charge is 0.246 e. The van der Waals surface area contributed by atoms with Crippen molar-refractivity contribution in [2.45, 2.75) is 24.9 Å². The SMILES string of the molecule is NC1CCCN(C2C(=O)Nc3ccc(F)cc32)C1. The van der Waals surface area contributed by atoms with E-state index < -0.39 is 0 Å². The summed E-state index contributed by atoms with van der Waals surface area (Å²) in [5.41, 5.74) is 7.38. The van der Waals surface area contributed by atoms with Gasteiger partial charge < -0.3 is 11.1 Å². The monoisotopic (exact) mass is 249 g/mol. The van der Waals surface area contributed by atoms with Crippen LogP contribution in [0.5, 0.6) is 0 Å². The number of hydrogen-bond donors (Lipinski definition) is 2. The Labute approximate surface area is 105 Å². The van der Waals surface area contributed by atoms with Crippen LogP contribution in [0.4, 0.5) is 10.1 Å². The van der Waals surface area contributed by atoms with Crippen LogP contribution < -0.4 is 11.1 Å². The molecule has 1 amide bonds. The van der Waals surface area contributed by atoms with Crippen LogP contribution >= 0.6 is 0 Å². The highest BCUT2D eigenvalue weighted by Crippen LogP contribution is 2.36. The summed E-state index contributed by atoms with van der Waals surface area (Å²) in [5, 5.41) is 2.80. The van der Waals surface area contributed by atoms with E-state index in [1.165, 1.54) is 12.1 Å². The minimum absolute atomic E-state index is 0.0790. The molecule has 2 heterocycles. The molecule has 0 spiro atoms. The van der Waals surface area contributed by atoms with E-state index in [4.69, 9.17) is 5.73 Å². The van der Waals surface area contributed by atoms with Crippen molar-refractivity contribution in [3.8, 4) is 0 Å². The molecule has 2 aliphatic heterocycles. The maximum Gasteiger partial charge on any atom is 0.246 e. The maximum absolute atomic E-state index is 13.3. The van der Waals surface area contributed by atoms with Crippen molar-refractivity contribution in [1.82, 2.24) is 4.90 Å². The van der Waals surface area contributed by atoms with E-state index in [1.807, 2.05) is 0 Å². The molecule has 5 heteroatoms. The number of amides is 1. The van der Waals surface area contributed by atoms with Gasteiger partial charge in [-0.1, -0.05) is 0 Å². The zero-order chi connectivity index (χ0) is 12.7. The summed E-state index contributed by atoms with van der Waals surface area (Å²) >= 11 is 0. The van der Waals surface area contributed by atoms with E-state index in [0.717, 1.165) is 24.9 Å². The summed E-state index contributed by atoms with van der Waals surface area (Å²) < 4.78 is 13.3. The average molecular weight is 249 g/mol. The Hall–Kier alpha value is -1.46. The van der Waals surface area contributed by atoms with Gasteiger partial charge in [-0.3, -0.25) is 9.69 Å². The van der Waals surface area contributed by atoms with Crippen LogP contribution in [0.3, 0.4) is 0 Å². The Bertz CT molecular complexity index is 491. The molecule has 0 aromatic heterocycles. The Balaban J connectivity index is 1.93. The summed E-state index contributed by atoms with van der Waals surface area (Å²) in [5.74, 6) is -0.388. The molecule has 4 nitrogen and oxygen atoms in total. The molecular weight excluding hydrogens is 233 g/mol. The highest BCUT2D eigenvalue weighted by molar-refractivity contribution is 6.02. The third-order valence-electron chi connectivity index (χ3n) is 3.67. The van der Waals surface area contributed by atoms with Gasteiger partial charge in [-0.15, -0.1) is 0 Å². The Kier molecular flexibility index (Phi) is 2.80. The lowest BCUT2D eigenvalue weighted by Gasteiger charge is -2.34. The normalized spacial score (nSPS) is 28.0. The van der Waals surface area contributed by atoms with Crippen LogP contribution in [0, 0.1) is 5.82 Å². The lowest BCUT2D eigenvalue weighted by Crippen LogP contribution is -2.46. The fourth-order valence-corrected chi connectivity index (χ4v) is 2.85. The number of nitrogens with two attached hydrogens (primary N) is 1. The van der Waals surface area contributed by atoms with Gasteiger partial charge in [0.05, 0.1) is 0 Å². The van der Waals surface area contributed by atoms with E-state index in [1.54, 1.807) is 6.07 Å². The van der Waals surface area contributed by atoms with Crippen molar-refractivity contribution in [2.75, 3.05) is 18.4 Å².